The van der Waals surface area contributed by atoms with Crippen molar-refractivity contribution >= 4 is 5.78 Å². The van der Waals surface area contributed by atoms with Gasteiger partial charge >= 0.3 is 0 Å². The van der Waals surface area contributed by atoms with Crippen LogP contribution in [0.2, 0.25) is 0 Å². The largest absolute Gasteiger partial charge is 0.510 e. The lowest BCUT2D eigenvalue weighted by Gasteiger charge is -2.30. The molecule has 8 heteroatoms. The molecule has 0 saturated heterocycles. The van der Waals surface area contributed by atoms with Crippen molar-refractivity contribution in [3.63, 3.8) is 0 Å². The Morgan fingerprint density at radius 1 is 1.16 bits per heavy atom. The van der Waals surface area contributed by atoms with Gasteiger partial charge in [0.15, 0.2) is 17.3 Å². The quantitative estimate of drug-likeness (QED) is 0.886. The number of aliphatic hydroxyl groups is 1. The lowest BCUT2D eigenvalue weighted by Crippen LogP contribution is -2.27. The van der Waals surface area contributed by atoms with Crippen LogP contribution < -0.4 is 14.2 Å². The maximum atomic E-state index is 12.0. The lowest BCUT2D eigenvalue weighted by atomic mass is 9.82. The molecule has 0 bridgehead atoms. The summed E-state index contributed by atoms with van der Waals surface area (Å²) in [6.45, 7) is 0. The van der Waals surface area contributed by atoms with Crippen molar-refractivity contribution in [2.75, 3.05) is 21.3 Å². The second-order valence-electron chi connectivity index (χ2n) is 5.63. The van der Waals surface area contributed by atoms with E-state index < -0.39 is 6.04 Å². The Bertz CT molecular complexity index is 776. The highest BCUT2D eigenvalue weighted by molar-refractivity contribution is 5.92. The molecule has 1 aliphatic carbocycles. The molecule has 0 fully saturated rings. The average molecular weight is 345 g/mol. The summed E-state index contributed by atoms with van der Waals surface area (Å²) in [7, 11) is 4.58. The number of aliphatic hydroxyl groups excluding tert-OH is 1. The summed E-state index contributed by atoms with van der Waals surface area (Å²) in [6, 6.07) is 3.02. The standard InChI is InChI=1S/C17H19N3O5/c1-23-14-4-10(5-15(24-2)17(14)25-3)12-6-11(21)7-13(22)16(12)20-9-18-8-19-20/h4-5,7-9,12,16,22H,6H2,1-3H3/t12-,16+/m1/s1. The van der Waals surface area contributed by atoms with Gasteiger partial charge in [0, 0.05) is 18.4 Å². The Balaban J connectivity index is 2.12. The van der Waals surface area contributed by atoms with E-state index in [1.165, 1.54) is 44.7 Å². The van der Waals surface area contributed by atoms with Gasteiger partial charge < -0.3 is 19.3 Å². The number of nitrogens with zero attached hydrogens (tertiary/aromatic N) is 3. The van der Waals surface area contributed by atoms with Crippen LogP contribution in [0.25, 0.3) is 0 Å². The van der Waals surface area contributed by atoms with E-state index in [2.05, 4.69) is 10.1 Å². The minimum absolute atomic E-state index is 0.0551. The Morgan fingerprint density at radius 2 is 1.84 bits per heavy atom. The summed E-state index contributed by atoms with van der Waals surface area (Å²) in [5.41, 5.74) is 0.767. The molecule has 0 spiro atoms. The molecule has 1 aromatic carbocycles. The number of hydrogen-bond donors (Lipinski definition) is 1. The van der Waals surface area contributed by atoms with Crippen molar-refractivity contribution in [3.05, 3.63) is 42.2 Å². The van der Waals surface area contributed by atoms with E-state index >= 15 is 0 Å². The fourth-order valence-electron chi connectivity index (χ4n) is 3.14. The number of carbonyl (C=O) groups excluding carboxylic acids is 1. The monoisotopic (exact) mass is 345 g/mol. The molecule has 132 valence electrons. The lowest BCUT2D eigenvalue weighted by molar-refractivity contribution is -0.116. The van der Waals surface area contributed by atoms with E-state index in [4.69, 9.17) is 14.2 Å². The van der Waals surface area contributed by atoms with Gasteiger partial charge in [-0.15, -0.1) is 0 Å². The van der Waals surface area contributed by atoms with Gasteiger partial charge in [-0.25, -0.2) is 9.67 Å². The molecule has 2 atom stereocenters. The molecule has 1 N–H and O–H groups in total. The molecular weight excluding hydrogens is 326 g/mol. The van der Waals surface area contributed by atoms with Gasteiger partial charge in [-0.2, -0.15) is 5.10 Å². The highest BCUT2D eigenvalue weighted by atomic mass is 16.5. The summed E-state index contributed by atoms with van der Waals surface area (Å²) in [5.74, 6) is 0.861. The molecule has 0 radical (unpaired) electrons. The van der Waals surface area contributed by atoms with Crippen molar-refractivity contribution in [1.82, 2.24) is 14.8 Å². The molecule has 1 aliphatic rings. The third-order valence-corrected chi connectivity index (χ3v) is 4.25. The predicted molar refractivity (Wildman–Crippen MR) is 88.2 cm³/mol. The Morgan fingerprint density at radius 3 is 2.36 bits per heavy atom. The first-order valence-corrected chi connectivity index (χ1v) is 7.66. The average Bonchev–Trinajstić information content (AvgIpc) is 3.13. The van der Waals surface area contributed by atoms with Crippen LogP contribution in [0.4, 0.5) is 0 Å². The van der Waals surface area contributed by atoms with Crippen LogP contribution in [0, 0.1) is 0 Å². The molecule has 0 aliphatic heterocycles. The third kappa shape index (κ3) is 3.02. The van der Waals surface area contributed by atoms with Crippen molar-refractivity contribution < 1.29 is 24.1 Å². The number of ether oxygens (including phenoxy) is 3. The highest BCUT2D eigenvalue weighted by Crippen LogP contribution is 2.45. The molecule has 0 amide bonds. The van der Waals surface area contributed by atoms with Crippen LogP contribution in [-0.2, 0) is 4.79 Å². The predicted octanol–water partition coefficient (Wildman–Crippen LogP) is 2.04. The second kappa shape index (κ2) is 6.84. The Hall–Kier alpha value is -3.03. The fraction of sp³-hybridized carbons (Fsp3) is 0.353. The topological polar surface area (TPSA) is 95.7 Å². The summed E-state index contributed by atoms with van der Waals surface area (Å²) >= 11 is 0. The molecule has 3 rings (SSSR count). The number of methoxy groups -OCH3 is 3. The number of hydrogen-bond acceptors (Lipinski definition) is 7. The van der Waals surface area contributed by atoms with Crippen molar-refractivity contribution in [2.45, 2.75) is 18.4 Å². The summed E-state index contributed by atoms with van der Waals surface area (Å²) < 4.78 is 17.6. The number of carbonyl (C=O) groups is 1. The molecule has 8 nitrogen and oxygen atoms in total. The van der Waals surface area contributed by atoms with Gasteiger partial charge in [0.05, 0.1) is 21.3 Å². The summed E-state index contributed by atoms with van der Waals surface area (Å²) in [4.78, 5) is 16.0. The number of benzene rings is 1. The van der Waals surface area contributed by atoms with E-state index in [0.717, 1.165) is 5.56 Å². The maximum absolute atomic E-state index is 12.0. The zero-order chi connectivity index (χ0) is 18.0. The van der Waals surface area contributed by atoms with Gasteiger partial charge in [-0.1, -0.05) is 0 Å². The number of rotatable bonds is 5. The van der Waals surface area contributed by atoms with Crippen molar-refractivity contribution in [1.29, 1.82) is 0 Å². The number of ketones is 1. The molecule has 25 heavy (non-hydrogen) atoms. The van der Waals surface area contributed by atoms with Crippen LogP contribution in [0.1, 0.15) is 23.9 Å². The highest BCUT2D eigenvalue weighted by Gasteiger charge is 2.35. The normalized spacial score (nSPS) is 20.1. The summed E-state index contributed by atoms with van der Waals surface area (Å²) in [6.07, 6.45) is 4.35. The van der Waals surface area contributed by atoms with E-state index in [-0.39, 0.29) is 23.9 Å². The van der Waals surface area contributed by atoms with Crippen LogP contribution in [0.3, 0.4) is 0 Å². The van der Waals surface area contributed by atoms with Crippen molar-refractivity contribution in [3.8, 4) is 17.2 Å². The van der Waals surface area contributed by atoms with Gasteiger partial charge in [0.1, 0.15) is 24.5 Å². The Labute approximate surface area is 144 Å². The number of aromatic nitrogens is 3. The van der Waals surface area contributed by atoms with Crippen molar-refractivity contribution in [2.24, 2.45) is 0 Å². The second-order valence-corrected chi connectivity index (χ2v) is 5.63. The van der Waals surface area contributed by atoms with Gasteiger partial charge in [0.25, 0.3) is 0 Å². The first kappa shape index (κ1) is 16.8. The minimum Gasteiger partial charge on any atom is -0.510 e. The zero-order valence-electron chi connectivity index (χ0n) is 14.2. The number of allylic oxidation sites excluding steroid dienone is 2. The van der Waals surface area contributed by atoms with E-state index in [0.29, 0.717) is 17.2 Å². The van der Waals surface area contributed by atoms with Crippen LogP contribution in [0.15, 0.2) is 36.6 Å². The minimum atomic E-state index is -0.539. The van der Waals surface area contributed by atoms with Gasteiger partial charge in [-0.3, -0.25) is 4.79 Å². The first-order valence-electron chi connectivity index (χ1n) is 7.66. The molecule has 1 aromatic heterocycles. The molecule has 0 saturated carbocycles. The van der Waals surface area contributed by atoms with E-state index in [9.17, 15) is 9.90 Å². The van der Waals surface area contributed by atoms with Crippen LogP contribution in [-0.4, -0.2) is 47.0 Å². The van der Waals surface area contributed by atoms with Crippen LogP contribution >= 0.6 is 0 Å². The molecular formula is C17H19N3O5. The van der Waals surface area contributed by atoms with E-state index in [1.54, 1.807) is 12.1 Å². The first-order chi connectivity index (χ1) is 12.1. The van der Waals surface area contributed by atoms with Gasteiger partial charge in [0.2, 0.25) is 5.75 Å². The molecule has 1 heterocycles. The van der Waals surface area contributed by atoms with Gasteiger partial charge in [-0.05, 0) is 17.7 Å². The maximum Gasteiger partial charge on any atom is 0.203 e. The van der Waals surface area contributed by atoms with Crippen LogP contribution in [0.5, 0.6) is 17.2 Å². The SMILES string of the molecule is COc1cc([C@H]2CC(=O)C=C(O)[C@H]2n2cncn2)cc(OC)c1OC. The molecule has 2 aromatic rings. The third-order valence-electron chi connectivity index (χ3n) is 4.25. The Kier molecular flexibility index (Phi) is 4.60. The zero-order valence-corrected chi connectivity index (χ0v) is 14.2. The van der Waals surface area contributed by atoms with E-state index in [1.807, 2.05) is 0 Å². The summed E-state index contributed by atoms with van der Waals surface area (Å²) in [5, 5.41) is 14.5. The smallest absolute Gasteiger partial charge is 0.203 e. The molecule has 0 unspecified atom stereocenters. The fourth-order valence-corrected chi connectivity index (χ4v) is 3.14.